The van der Waals surface area contributed by atoms with Crippen LogP contribution in [0.25, 0.3) is 11.1 Å². The first-order valence-electron chi connectivity index (χ1n) is 12.2. The monoisotopic (exact) mass is 509 g/mol. The summed E-state index contributed by atoms with van der Waals surface area (Å²) >= 11 is 0. The molecule has 2 fully saturated rings. The van der Waals surface area contributed by atoms with Crippen molar-refractivity contribution in [2.75, 3.05) is 18.0 Å². The van der Waals surface area contributed by atoms with Gasteiger partial charge in [0, 0.05) is 67.0 Å². The largest absolute Gasteiger partial charge is 0.368 e. The highest BCUT2D eigenvalue weighted by atomic mass is 19.1. The molecule has 0 aliphatic carbocycles. The summed E-state index contributed by atoms with van der Waals surface area (Å²) in [6, 6.07) is 7.00. The molecule has 2 saturated heterocycles. The van der Waals surface area contributed by atoms with Crippen LogP contribution in [0.15, 0.2) is 42.7 Å². The first-order valence-corrected chi connectivity index (χ1v) is 12.2. The van der Waals surface area contributed by atoms with E-state index in [-0.39, 0.29) is 30.0 Å². The molecule has 2 aliphatic heterocycles. The molecule has 2 aliphatic rings. The molecule has 1 aromatic carbocycles. The third-order valence-corrected chi connectivity index (χ3v) is 7.02. The van der Waals surface area contributed by atoms with E-state index in [0.717, 1.165) is 23.0 Å². The van der Waals surface area contributed by atoms with Gasteiger partial charge in [-0.05, 0) is 62.1 Å². The molecule has 0 radical (unpaired) electrons. The highest BCUT2D eigenvalue weighted by molar-refractivity contribution is 6.03. The third kappa shape index (κ3) is 5.31. The van der Waals surface area contributed by atoms with Crippen molar-refractivity contribution in [3.8, 4) is 11.1 Å². The minimum atomic E-state index is -1.95. The molecule has 0 bridgehead atoms. The second kappa shape index (κ2) is 9.44. The van der Waals surface area contributed by atoms with Crippen molar-refractivity contribution in [3.05, 3.63) is 76.9 Å². The summed E-state index contributed by atoms with van der Waals surface area (Å²) in [4.78, 5) is 24.0. The highest BCUT2D eigenvalue weighted by Gasteiger charge is 2.49. The van der Waals surface area contributed by atoms with Crippen molar-refractivity contribution in [1.82, 2.24) is 20.6 Å². The summed E-state index contributed by atoms with van der Waals surface area (Å²) in [6.45, 7) is 4.92. The van der Waals surface area contributed by atoms with Gasteiger partial charge in [-0.25, -0.2) is 8.78 Å². The Morgan fingerprint density at radius 2 is 1.76 bits per heavy atom. The number of nitrogens with zero attached hydrogens (tertiary/aromatic N) is 3. The number of aryl methyl sites for hydroxylation is 2. The van der Waals surface area contributed by atoms with E-state index < -0.39 is 23.1 Å². The minimum Gasteiger partial charge on any atom is -0.368 e. The van der Waals surface area contributed by atoms with Crippen LogP contribution in [0.3, 0.4) is 0 Å². The number of nitrogens with one attached hydrogen (secondary N) is 2. The van der Waals surface area contributed by atoms with Gasteiger partial charge in [-0.2, -0.15) is 0 Å². The van der Waals surface area contributed by atoms with E-state index in [1.807, 2.05) is 30.9 Å². The Morgan fingerprint density at radius 3 is 2.41 bits per heavy atom. The van der Waals surface area contributed by atoms with Crippen LogP contribution in [-0.2, 0) is 6.54 Å². The molecule has 37 heavy (non-hydrogen) atoms. The first-order chi connectivity index (χ1) is 17.5. The number of aliphatic hydroxyl groups is 2. The van der Waals surface area contributed by atoms with E-state index >= 15 is 0 Å². The van der Waals surface area contributed by atoms with Gasteiger partial charge in [-0.3, -0.25) is 20.1 Å². The highest BCUT2D eigenvalue weighted by Crippen LogP contribution is 2.41. The Kier molecular flexibility index (Phi) is 6.43. The van der Waals surface area contributed by atoms with Gasteiger partial charge in [0.2, 0.25) is 5.91 Å². The number of benzene rings is 1. The molecule has 8 nitrogen and oxygen atoms in total. The number of halogens is 2. The third-order valence-electron chi connectivity index (χ3n) is 7.02. The fourth-order valence-electron chi connectivity index (χ4n) is 5.51. The fourth-order valence-corrected chi connectivity index (χ4v) is 5.51. The molecular formula is C27H29F2N5O3. The van der Waals surface area contributed by atoms with Crippen molar-refractivity contribution in [1.29, 1.82) is 0 Å². The van der Waals surface area contributed by atoms with Crippen LogP contribution < -0.4 is 15.5 Å². The molecule has 1 amide bonds. The average Bonchev–Trinajstić information content (AvgIpc) is 3.37. The molecule has 3 aromatic rings. The lowest BCUT2D eigenvalue weighted by Gasteiger charge is -2.29. The second-order valence-electron chi connectivity index (χ2n) is 10.1. The number of pyridine rings is 2. The number of hydrogen-bond donors (Lipinski definition) is 4. The maximum atomic E-state index is 14.2. The summed E-state index contributed by atoms with van der Waals surface area (Å²) in [5, 5.41) is 26.0. The fraction of sp³-hybridized carbons (Fsp3) is 0.370. The molecular weight excluding hydrogens is 480 g/mol. The Bertz CT molecular complexity index is 1330. The lowest BCUT2D eigenvalue weighted by Crippen LogP contribution is -2.52. The van der Waals surface area contributed by atoms with Crippen LogP contribution >= 0.6 is 0 Å². The van der Waals surface area contributed by atoms with E-state index in [0.29, 0.717) is 37.2 Å². The Balaban J connectivity index is 1.51. The standard InChI is InChI=1S/C27H29F2N5O3/c1-16-7-18(8-17(2)32-16)12-31-25(35)23-14-30-13-22(19-9-20(28)11-21(29)10-19)24(23)34-6-5-26(15-34)3-4-27(36,37)33-26/h7-11,13-14,33,36-37H,3-6,12,15H2,1-2H3,(H,31,35). The molecule has 1 unspecified atom stereocenters. The van der Waals surface area contributed by atoms with Gasteiger partial charge < -0.3 is 20.4 Å². The topological polar surface area (TPSA) is 111 Å². The van der Waals surface area contributed by atoms with Crippen molar-refractivity contribution in [3.63, 3.8) is 0 Å². The maximum Gasteiger partial charge on any atom is 0.255 e. The number of rotatable bonds is 5. The van der Waals surface area contributed by atoms with E-state index in [2.05, 4.69) is 20.6 Å². The predicted molar refractivity (Wildman–Crippen MR) is 134 cm³/mol. The van der Waals surface area contributed by atoms with E-state index in [4.69, 9.17) is 0 Å². The van der Waals surface area contributed by atoms with Crippen LogP contribution in [0.5, 0.6) is 0 Å². The number of carbonyl (C=O) groups is 1. The zero-order valence-electron chi connectivity index (χ0n) is 20.7. The number of aromatic nitrogens is 2. The van der Waals surface area contributed by atoms with Gasteiger partial charge in [0.1, 0.15) is 11.6 Å². The molecule has 4 heterocycles. The Hall–Kier alpha value is -3.47. The van der Waals surface area contributed by atoms with Crippen LogP contribution in [-0.4, -0.2) is 50.6 Å². The summed E-state index contributed by atoms with van der Waals surface area (Å²) in [6.07, 6.45) is 4.25. The summed E-state index contributed by atoms with van der Waals surface area (Å²) < 4.78 is 28.3. The van der Waals surface area contributed by atoms with Gasteiger partial charge in [0.15, 0.2) is 0 Å². The van der Waals surface area contributed by atoms with E-state index in [1.54, 1.807) is 0 Å². The summed E-state index contributed by atoms with van der Waals surface area (Å²) in [5.41, 5.74) is 3.45. The Labute approximate surface area is 213 Å². The SMILES string of the molecule is Cc1cc(CNC(=O)c2cncc(-c3cc(F)cc(F)c3)c2N2CCC3(CCC(O)(O)N3)C2)cc(C)n1. The molecule has 5 rings (SSSR count). The van der Waals surface area contributed by atoms with Gasteiger partial charge in [-0.15, -0.1) is 0 Å². The normalized spacial score (nSPS) is 20.5. The minimum absolute atomic E-state index is 0.178. The van der Waals surface area contributed by atoms with Crippen LogP contribution in [0.2, 0.25) is 0 Å². The zero-order chi connectivity index (χ0) is 26.4. The number of anilines is 1. The van der Waals surface area contributed by atoms with Gasteiger partial charge >= 0.3 is 0 Å². The lowest BCUT2D eigenvalue weighted by molar-refractivity contribution is -0.177. The molecule has 10 heteroatoms. The van der Waals surface area contributed by atoms with Crippen molar-refractivity contribution in [2.45, 2.75) is 51.1 Å². The molecule has 2 aromatic heterocycles. The second-order valence-corrected chi connectivity index (χ2v) is 10.1. The van der Waals surface area contributed by atoms with Gasteiger partial charge in [0.25, 0.3) is 5.91 Å². The van der Waals surface area contributed by atoms with Crippen molar-refractivity contribution in [2.24, 2.45) is 0 Å². The number of carbonyl (C=O) groups excluding carboxylic acids is 1. The van der Waals surface area contributed by atoms with Crippen LogP contribution in [0.1, 0.15) is 46.6 Å². The number of hydrogen-bond acceptors (Lipinski definition) is 7. The maximum absolute atomic E-state index is 14.2. The molecule has 4 N–H and O–H groups in total. The van der Waals surface area contributed by atoms with Crippen molar-refractivity contribution < 1.29 is 23.8 Å². The number of amides is 1. The van der Waals surface area contributed by atoms with E-state index in [9.17, 15) is 23.8 Å². The molecule has 0 saturated carbocycles. The van der Waals surface area contributed by atoms with Gasteiger partial charge in [0.05, 0.1) is 11.3 Å². The van der Waals surface area contributed by atoms with Gasteiger partial charge in [-0.1, -0.05) is 0 Å². The average molecular weight is 510 g/mol. The Morgan fingerprint density at radius 1 is 1.05 bits per heavy atom. The predicted octanol–water partition coefficient (Wildman–Crippen LogP) is 2.94. The summed E-state index contributed by atoms with van der Waals surface area (Å²) in [7, 11) is 0. The summed E-state index contributed by atoms with van der Waals surface area (Å²) in [5.74, 6) is -3.81. The van der Waals surface area contributed by atoms with Crippen molar-refractivity contribution >= 4 is 11.6 Å². The van der Waals surface area contributed by atoms with E-state index in [1.165, 1.54) is 24.5 Å². The quantitative estimate of drug-likeness (QED) is 0.392. The lowest BCUT2D eigenvalue weighted by atomic mass is 9.96. The molecule has 194 valence electrons. The van der Waals surface area contributed by atoms with Crippen LogP contribution in [0.4, 0.5) is 14.5 Å². The first kappa shape index (κ1) is 25.2. The van der Waals surface area contributed by atoms with Crippen LogP contribution in [0, 0.1) is 25.5 Å². The molecule has 1 atom stereocenters. The smallest absolute Gasteiger partial charge is 0.255 e. The zero-order valence-corrected chi connectivity index (χ0v) is 20.7. The molecule has 1 spiro atoms.